The van der Waals surface area contributed by atoms with Gasteiger partial charge in [-0.1, -0.05) is 12.1 Å². The zero-order valence-corrected chi connectivity index (χ0v) is 11.1. The van der Waals surface area contributed by atoms with Crippen molar-refractivity contribution in [2.24, 2.45) is 0 Å². The molecule has 0 aromatic heterocycles. The van der Waals surface area contributed by atoms with Gasteiger partial charge in [-0.05, 0) is 44.9 Å². The van der Waals surface area contributed by atoms with E-state index in [0.717, 1.165) is 11.1 Å². The second-order valence-corrected chi connectivity index (χ2v) is 7.75. The summed E-state index contributed by atoms with van der Waals surface area (Å²) in [5.74, 6) is 0.0490. The molecule has 0 saturated heterocycles. The normalized spacial score (nSPS) is 12.8. The molecule has 0 aliphatic carbocycles. The van der Waals surface area contributed by atoms with Crippen molar-refractivity contribution in [3.8, 4) is 0 Å². The Hall–Kier alpha value is -1.03. The van der Waals surface area contributed by atoms with E-state index >= 15 is 0 Å². The monoisotopic (exact) mass is 241 g/mol. The summed E-state index contributed by atoms with van der Waals surface area (Å²) in [6.07, 6.45) is 0. The van der Waals surface area contributed by atoms with Crippen LogP contribution in [0.2, 0.25) is 0 Å². The quantitative estimate of drug-likeness (QED) is 0.808. The van der Waals surface area contributed by atoms with Gasteiger partial charge in [0.15, 0.2) is 9.84 Å². The molecular formula is C12H19NO2S. The number of nitrogens with two attached hydrogens (primary N) is 1. The summed E-state index contributed by atoms with van der Waals surface area (Å²) >= 11 is 0. The number of anilines is 1. The van der Waals surface area contributed by atoms with E-state index in [1.165, 1.54) is 0 Å². The molecular weight excluding hydrogens is 222 g/mol. The van der Waals surface area contributed by atoms with E-state index in [2.05, 4.69) is 0 Å². The second kappa shape index (κ2) is 4.09. The van der Waals surface area contributed by atoms with Crippen molar-refractivity contribution in [2.45, 2.75) is 38.2 Å². The fourth-order valence-electron chi connectivity index (χ4n) is 1.28. The Morgan fingerprint density at radius 2 is 1.81 bits per heavy atom. The maximum Gasteiger partial charge on any atom is 0.159 e. The van der Waals surface area contributed by atoms with Gasteiger partial charge in [-0.15, -0.1) is 0 Å². The molecule has 0 unspecified atom stereocenters. The van der Waals surface area contributed by atoms with Gasteiger partial charge in [-0.2, -0.15) is 0 Å². The zero-order chi connectivity index (χ0) is 12.6. The van der Waals surface area contributed by atoms with Crippen molar-refractivity contribution in [2.75, 3.05) is 5.73 Å². The molecule has 0 aliphatic heterocycles. The van der Waals surface area contributed by atoms with Crippen molar-refractivity contribution in [1.82, 2.24) is 0 Å². The predicted octanol–water partition coefficient (Wildman–Crippen LogP) is 2.29. The lowest BCUT2D eigenvalue weighted by atomic mass is 10.1. The molecule has 0 bridgehead atoms. The SMILES string of the molecule is Cc1c(N)cccc1CS(=O)(=O)C(C)(C)C. The minimum atomic E-state index is -3.15. The molecule has 0 fully saturated rings. The van der Waals surface area contributed by atoms with Crippen molar-refractivity contribution in [3.63, 3.8) is 0 Å². The van der Waals surface area contributed by atoms with E-state index in [1.807, 2.05) is 13.0 Å². The lowest BCUT2D eigenvalue weighted by Gasteiger charge is -2.20. The van der Waals surface area contributed by atoms with Gasteiger partial charge in [-0.3, -0.25) is 0 Å². The van der Waals surface area contributed by atoms with Gasteiger partial charge in [0.1, 0.15) is 0 Å². The van der Waals surface area contributed by atoms with Crippen molar-refractivity contribution < 1.29 is 8.42 Å². The van der Waals surface area contributed by atoms with Gasteiger partial charge in [-0.25, -0.2) is 8.42 Å². The van der Waals surface area contributed by atoms with Gasteiger partial charge in [0, 0.05) is 5.69 Å². The fraction of sp³-hybridized carbons (Fsp3) is 0.500. The Kier molecular flexibility index (Phi) is 3.33. The van der Waals surface area contributed by atoms with Gasteiger partial charge < -0.3 is 5.73 Å². The molecule has 1 aromatic rings. The van der Waals surface area contributed by atoms with E-state index < -0.39 is 14.6 Å². The average molecular weight is 241 g/mol. The molecule has 0 aliphatic rings. The third kappa shape index (κ3) is 2.55. The first-order valence-electron chi connectivity index (χ1n) is 5.21. The van der Waals surface area contributed by atoms with Crippen LogP contribution in [-0.2, 0) is 15.6 Å². The number of hydrogen-bond donors (Lipinski definition) is 1. The summed E-state index contributed by atoms with van der Waals surface area (Å²) < 4.78 is 23.4. The second-order valence-electron chi connectivity index (χ2n) is 5.00. The third-order valence-corrected chi connectivity index (χ3v) is 5.32. The van der Waals surface area contributed by atoms with E-state index in [1.54, 1.807) is 32.9 Å². The van der Waals surface area contributed by atoms with Crippen LogP contribution in [0.4, 0.5) is 5.69 Å². The molecule has 1 rings (SSSR count). The topological polar surface area (TPSA) is 60.2 Å². The molecule has 1 aromatic carbocycles. The van der Waals surface area contributed by atoms with Crippen LogP contribution in [0.15, 0.2) is 18.2 Å². The number of hydrogen-bond acceptors (Lipinski definition) is 3. The Labute approximate surface area is 97.6 Å². The summed E-state index contributed by atoms with van der Waals surface area (Å²) in [5, 5.41) is 0. The van der Waals surface area contributed by atoms with Crippen LogP contribution in [-0.4, -0.2) is 13.2 Å². The highest BCUT2D eigenvalue weighted by Crippen LogP contribution is 2.24. The number of rotatable bonds is 2. The predicted molar refractivity (Wildman–Crippen MR) is 68.0 cm³/mol. The first-order valence-corrected chi connectivity index (χ1v) is 6.86. The Morgan fingerprint density at radius 1 is 1.25 bits per heavy atom. The summed E-state index contributed by atoms with van der Waals surface area (Å²) in [7, 11) is -3.15. The smallest absolute Gasteiger partial charge is 0.159 e. The number of benzene rings is 1. The highest BCUT2D eigenvalue weighted by Gasteiger charge is 2.29. The van der Waals surface area contributed by atoms with Crippen molar-refractivity contribution >= 4 is 15.5 Å². The highest BCUT2D eigenvalue weighted by molar-refractivity contribution is 7.91. The Bertz CT molecular complexity index is 484. The molecule has 4 heteroatoms. The molecule has 0 amide bonds. The van der Waals surface area contributed by atoms with Gasteiger partial charge in [0.05, 0.1) is 10.5 Å². The van der Waals surface area contributed by atoms with Crippen LogP contribution in [0.3, 0.4) is 0 Å². The molecule has 90 valence electrons. The van der Waals surface area contributed by atoms with Gasteiger partial charge >= 0.3 is 0 Å². The first-order chi connectivity index (χ1) is 7.15. The van der Waals surface area contributed by atoms with Crippen molar-refractivity contribution in [1.29, 1.82) is 0 Å². The average Bonchev–Trinajstić information content (AvgIpc) is 2.11. The van der Waals surface area contributed by atoms with Gasteiger partial charge in [0.25, 0.3) is 0 Å². The van der Waals surface area contributed by atoms with Crippen LogP contribution >= 0.6 is 0 Å². The summed E-state index contributed by atoms with van der Waals surface area (Å²) in [6, 6.07) is 5.38. The molecule has 0 heterocycles. The van der Waals surface area contributed by atoms with E-state index in [0.29, 0.717) is 5.69 Å². The van der Waals surface area contributed by atoms with Crippen LogP contribution in [0.1, 0.15) is 31.9 Å². The maximum absolute atomic E-state index is 12.0. The van der Waals surface area contributed by atoms with Crippen LogP contribution in [0, 0.1) is 6.92 Å². The number of sulfone groups is 1. The lowest BCUT2D eigenvalue weighted by molar-refractivity contribution is 0.559. The number of nitrogen functional groups attached to an aromatic ring is 1. The molecule has 0 radical (unpaired) electrons. The maximum atomic E-state index is 12.0. The van der Waals surface area contributed by atoms with Crippen LogP contribution in [0.5, 0.6) is 0 Å². The van der Waals surface area contributed by atoms with Crippen LogP contribution < -0.4 is 5.73 Å². The third-order valence-electron chi connectivity index (χ3n) is 2.77. The lowest BCUT2D eigenvalue weighted by Crippen LogP contribution is -2.29. The molecule has 0 saturated carbocycles. The fourth-order valence-corrected chi connectivity index (χ4v) is 2.44. The Balaban J connectivity index is 3.12. The zero-order valence-electron chi connectivity index (χ0n) is 10.2. The summed E-state index contributed by atoms with van der Waals surface area (Å²) in [5.41, 5.74) is 8.04. The van der Waals surface area contributed by atoms with E-state index in [4.69, 9.17) is 5.73 Å². The van der Waals surface area contributed by atoms with E-state index in [-0.39, 0.29) is 5.75 Å². The Morgan fingerprint density at radius 3 is 2.31 bits per heavy atom. The van der Waals surface area contributed by atoms with E-state index in [9.17, 15) is 8.42 Å². The standard InChI is InChI=1S/C12H19NO2S/c1-9-10(6-5-7-11(9)13)8-16(14,15)12(2,3)4/h5-7H,8,13H2,1-4H3. The molecule has 2 N–H and O–H groups in total. The minimum Gasteiger partial charge on any atom is -0.399 e. The first kappa shape index (κ1) is 13.0. The summed E-state index contributed by atoms with van der Waals surface area (Å²) in [4.78, 5) is 0. The molecule has 0 spiro atoms. The molecule has 0 atom stereocenters. The largest absolute Gasteiger partial charge is 0.399 e. The van der Waals surface area contributed by atoms with Crippen molar-refractivity contribution in [3.05, 3.63) is 29.3 Å². The van der Waals surface area contributed by atoms with Crippen LogP contribution in [0.25, 0.3) is 0 Å². The molecule has 3 nitrogen and oxygen atoms in total. The molecule has 16 heavy (non-hydrogen) atoms. The summed E-state index contributed by atoms with van der Waals surface area (Å²) in [6.45, 7) is 6.99. The van der Waals surface area contributed by atoms with Gasteiger partial charge in [0.2, 0.25) is 0 Å². The minimum absolute atomic E-state index is 0.0490. The highest BCUT2D eigenvalue weighted by atomic mass is 32.2.